The number of amides is 2. The summed E-state index contributed by atoms with van der Waals surface area (Å²) in [5, 5.41) is 3.21. The van der Waals surface area contributed by atoms with Gasteiger partial charge in [0.25, 0.3) is 11.8 Å². The molecule has 0 radical (unpaired) electrons. The Morgan fingerprint density at radius 2 is 1.81 bits per heavy atom. The summed E-state index contributed by atoms with van der Waals surface area (Å²) >= 11 is 0. The van der Waals surface area contributed by atoms with Crippen LogP contribution in [0.2, 0.25) is 0 Å². The predicted molar refractivity (Wildman–Crippen MR) is 55.7 cm³/mol. The third kappa shape index (κ3) is 1.01. The van der Waals surface area contributed by atoms with Gasteiger partial charge in [0.15, 0.2) is 0 Å². The van der Waals surface area contributed by atoms with Gasteiger partial charge in [0.05, 0.1) is 5.56 Å². The van der Waals surface area contributed by atoms with Crippen LogP contribution < -0.4 is 5.32 Å². The van der Waals surface area contributed by atoms with Gasteiger partial charge >= 0.3 is 0 Å². The number of rotatable bonds is 0. The number of benzene rings is 2. The van der Waals surface area contributed by atoms with Gasteiger partial charge in [-0.1, -0.05) is 18.2 Å². The van der Waals surface area contributed by atoms with Crippen molar-refractivity contribution in [1.82, 2.24) is 5.32 Å². The molecule has 1 aliphatic heterocycles. The lowest BCUT2D eigenvalue weighted by atomic mass is 9.95. The van der Waals surface area contributed by atoms with Gasteiger partial charge in [0.2, 0.25) is 0 Å². The highest BCUT2D eigenvalue weighted by Gasteiger charge is 2.27. The molecular weight excluding hydrogens is 209 g/mol. The first-order chi connectivity index (χ1) is 7.68. The van der Waals surface area contributed by atoms with E-state index in [1.165, 1.54) is 6.07 Å². The van der Waals surface area contributed by atoms with Gasteiger partial charge < -0.3 is 0 Å². The lowest BCUT2D eigenvalue weighted by molar-refractivity contribution is 0.0842. The number of nitrogens with one attached hydrogen (secondary N) is 1. The SMILES string of the molecule is O=C1NC(=O)c2c(F)ccc3cccc1c23. The van der Waals surface area contributed by atoms with Crippen molar-refractivity contribution in [3.05, 3.63) is 47.3 Å². The van der Waals surface area contributed by atoms with Crippen LogP contribution >= 0.6 is 0 Å². The van der Waals surface area contributed by atoms with E-state index < -0.39 is 17.6 Å². The third-order valence-electron chi connectivity index (χ3n) is 2.69. The van der Waals surface area contributed by atoms with Crippen LogP contribution in [0.25, 0.3) is 10.8 Å². The second-order valence-electron chi connectivity index (χ2n) is 3.61. The van der Waals surface area contributed by atoms with E-state index in [4.69, 9.17) is 0 Å². The Kier molecular flexibility index (Phi) is 1.63. The molecule has 0 aromatic heterocycles. The average Bonchev–Trinajstić information content (AvgIpc) is 2.26. The molecule has 0 saturated carbocycles. The highest BCUT2D eigenvalue weighted by atomic mass is 19.1. The largest absolute Gasteiger partial charge is 0.288 e. The van der Waals surface area contributed by atoms with Crippen LogP contribution in [0, 0.1) is 5.82 Å². The Morgan fingerprint density at radius 3 is 2.62 bits per heavy atom. The summed E-state index contributed by atoms with van der Waals surface area (Å²) in [6, 6.07) is 7.82. The van der Waals surface area contributed by atoms with Crippen molar-refractivity contribution in [2.45, 2.75) is 0 Å². The van der Waals surface area contributed by atoms with Gasteiger partial charge in [0, 0.05) is 10.9 Å². The number of hydrogen-bond acceptors (Lipinski definition) is 2. The average molecular weight is 215 g/mol. The minimum Gasteiger partial charge on any atom is -0.288 e. The number of carbonyl (C=O) groups is 2. The Hall–Kier alpha value is -2.23. The molecule has 16 heavy (non-hydrogen) atoms. The maximum atomic E-state index is 13.5. The zero-order valence-corrected chi connectivity index (χ0v) is 8.08. The van der Waals surface area contributed by atoms with Crippen LogP contribution in [0.1, 0.15) is 20.7 Å². The third-order valence-corrected chi connectivity index (χ3v) is 2.69. The van der Waals surface area contributed by atoms with Gasteiger partial charge in [0.1, 0.15) is 5.82 Å². The number of carbonyl (C=O) groups excluding carboxylic acids is 2. The molecular formula is C12H6FNO2. The van der Waals surface area contributed by atoms with Crippen LogP contribution in [-0.2, 0) is 0 Å². The zero-order valence-electron chi connectivity index (χ0n) is 8.08. The minimum atomic E-state index is -0.674. The van der Waals surface area contributed by atoms with Crippen molar-refractivity contribution in [3.8, 4) is 0 Å². The summed E-state index contributed by atoms with van der Waals surface area (Å²) in [6.07, 6.45) is 0. The molecule has 2 amide bonds. The van der Waals surface area contributed by atoms with Crippen molar-refractivity contribution in [1.29, 1.82) is 0 Å². The monoisotopic (exact) mass is 215 g/mol. The van der Waals surface area contributed by atoms with Crippen LogP contribution in [0.5, 0.6) is 0 Å². The fourth-order valence-corrected chi connectivity index (χ4v) is 2.00. The van der Waals surface area contributed by atoms with Crippen LogP contribution in [0.3, 0.4) is 0 Å². The van der Waals surface area contributed by atoms with E-state index in [2.05, 4.69) is 5.32 Å². The molecule has 0 saturated heterocycles. The minimum absolute atomic E-state index is 0.0484. The molecule has 0 atom stereocenters. The van der Waals surface area contributed by atoms with Crippen LogP contribution in [0.15, 0.2) is 30.3 Å². The van der Waals surface area contributed by atoms with E-state index in [1.807, 2.05) is 0 Å². The Bertz CT molecular complexity index is 649. The maximum absolute atomic E-state index is 13.5. The van der Waals surface area contributed by atoms with E-state index in [9.17, 15) is 14.0 Å². The van der Waals surface area contributed by atoms with E-state index in [0.717, 1.165) is 0 Å². The van der Waals surface area contributed by atoms with Crippen molar-refractivity contribution < 1.29 is 14.0 Å². The molecule has 2 aromatic carbocycles. The van der Waals surface area contributed by atoms with Crippen molar-refractivity contribution >= 4 is 22.6 Å². The summed E-state index contributed by atoms with van der Waals surface area (Å²) in [4.78, 5) is 23.1. The first-order valence-corrected chi connectivity index (χ1v) is 4.75. The molecule has 1 aliphatic rings. The lowest BCUT2D eigenvalue weighted by Gasteiger charge is -2.16. The van der Waals surface area contributed by atoms with E-state index in [-0.39, 0.29) is 5.56 Å². The molecule has 0 bridgehead atoms. The van der Waals surface area contributed by atoms with Crippen molar-refractivity contribution in [3.63, 3.8) is 0 Å². The van der Waals surface area contributed by atoms with Gasteiger partial charge in [-0.3, -0.25) is 14.9 Å². The Balaban J connectivity index is 2.58. The van der Waals surface area contributed by atoms with Crippen molar-refractivity contribution in [2.75, 3.05) is 0 Å². The lowest BCUT2D eigenvalue weighted by Crippen LogP contribution is -2.35. The van der Waals surface area contributed by atoms with Gasteiger partial charge in [-0.05, 0) is 17.5 Å². The molecule has 0 unspecified atom stereocenters. The predicted octanol–water partition coefficient (Wildman–Crippen LogP) is 1.86. The summed E-state index contributed by atoms with van der Waals surface area (Å²) < 4.78 is 13.5. The number of imide groups is 1. The topological polar surface area (TPSA) is 46.2 Å². The van der Waals surface area contributed by atoms with Crippen molar-refractivity contribution in [2.24, 2.45) is 0 Å². The smallest absolute Gasteiger partial charge is 0.261 e. The molecule has 1 heterocycles. The Morgan fingerprint density at radius 1 is 1.00 bits per heavy atom. The molecule has 0 aliphatic carbocycles. The van der Waals surface area contributed by atoms with Gasteiger partial charge in [-0.25, -0.2) is 4.39 Å². The van der Waals surface area contributed by atoms with E-state index in [1.54, 1.807) is 24.3 Å². The molecule has 78 valence electrons. The number of halogens is 1. The molecule has 0 spiro atoms. The highest BCUT2D eigenvalue weighted by molar-refractivity contribution is 6.25. The molecule has 1 N–H and O–H groups in total. The standard InChI is InChI=1S/C12H6FNO2/c13-8-5-4-6-2-1-3-7-9(6)10(8)12(16)14-11(7)15/h1-5H,(H,14,15,16). The first-order valence-electron chi connectivity index (χ1n) is 4.75. The molecule has 0 fully saturated rings. The zero-order chi connectivity index (χ0) is 11.3. The quantitative estimate of drug-likeness (QED) is 0.682. The van der Waals surface area contributed by atoms with E-state index >= 15 is 0 Å². The van der Waals surface area contributed by atoms with E-state index in [0.29, 0.717) is 16.3 Å². The maximum Gasteiger partial charge on any atom is 0.261 e. The van der Waals surface area contributed by atoms with Gasteiger partial charge in [-0.15, -0.1) is 0 Å². The summed E-state index contributed by atoms with van der Waals surface area (Å²) in [5.74, 6) is -1.76. The second kappa shape index (κ2) is 2.88. The molecule has 3 rings (SSSR count). The van der Waals surface area contributed by atoms with Crippen LogP contribution in [0.4, 0.5) is 4.39 Å². The number of hydrogen-bond donors (Lipinski definition) is 1. The Labute approximate surface area is 89.9 Å². The molecule has 3 nitrogen and oxygen atoms in total. The summed E-state index contributed by atoms with van der Waals surface area (Å²) in [7, 11) is 0. The summed E-state index contributed by atoms with van der Waals surface area (Å²) in [5.41, 5.74) is 0.291. The summed E-state index contributed by atoms with van der Waals surface area (Å²) in [6.45, 7) is 0. The molecule has 2 aromatic rings. The van der Waals surface area contributed by atoms with Crippen LogP contribution in [-0.4, -0.2) is 11.8 Å². The normalized spacial score (nSPS) is 14.1. The fourth-order valence-electron chi connectivity index (χ4n) is 2.00. The molecule has 4 heteroatoms. The highest BCUT2D eigenvalue weighted by Crippen LogP contribution is 2.28. The first kappa shape index (κ1) is 9.03. The second-order valence-corrected chi connectivity index (χ2v) is 3.61. The van der Waals surface area contributed by atoms with Gasteiger partial charge in [-0.2, -0.15) is 0 Å². The fraction of sp³-hybridized carbons (Fsp3) is 0.